The van der Waals surface area contributed by atoms with E-state index in [0.29, 0.717) is 23.2 Å². The van der Waals surface area contributed by atoms with Crippen molar-refractivity contribution in [3.05, 3.63) is 37.1 Å². The molecule has 0 unspecified atom stereocenters. The lowest BCUT2D eigenvalue weighted by Gasteiger charge is -2.03. The molecule has 3 heterocycles. The van der Waals surface area contributed by atoms with Gasteiger partial charge in [-0.05, 0) is 6.07 Å². The summed E-state index contributed by atoms with van der Waals surface area (Å²) in [6, 6.07) is 3.43. The van der Waals surface area contributed by atoms with Crippen LogP contribution in [0.1, 0.15) is 0 Å². The van der Waals surface area contributed by atoms with Crippen molar-refractivity contribution in [2.45, 2.75) is 0 Å². The molecule has 3 aromatic heterocycles. The summed E-state index contributed by atoms with van der Waals surface area (Å²) in [5, 5.41) is 4.07. The highest BCUT2D eigenvalue weighted by Crippen LogP contribution is 2.17. The molecule has 3 aromatic rings. The van der Waals surface area contributed by atoms with E-state index in [1.807, 2.05) is 0 Å². The van der Waals surface area contributed by atoms with Gasteiger partial charge < -0.3 is 10.2 Å². The molecule has 0 amide bonds. The Labute approximate surface area is 95.9 Å². The average molecular weight is 228 g/mol. The molecule has 0 saturated carbocycles. The predicted molar refractivity (Wildman–Crippen MR) is 59.1 cm³/mol. The second kappa shape index (κ2) is 3.71. The minimum Gasteiger partial charge on any atom is -0.440 e. The summed E-state index contributed by atoms with van der Waals surface area (Å²) in [6.45, 7) is 0. The van der Waals surface area contributed by atoms with E-state index < -0.39 is 0 Å². The molecule has 0 aliphatic carbocycles. The molecule has 0 spiro atoms. The minimum absolute atomic E-state index is 0.344. The molecule has 3 rings (SSSR count). The van der Waals surface area contributed by atoms with Gasteiger partial charge in [0.15, 0.2) is 18.0 Å². The number of rotatable bonds is 2. The monoisotopic (exact) mass is 228 g/mol. The third-order valence-corrected chi connectivity index (χ3v) is 2.12. The molecule has 2 N–H and O–H groups in total. The highest BCUT2D eigenvalue weighted by Gasteiger charge is 2.09. The Bertz CT molecular complexity index is 564. The van der Waals surface area contributed by atoms with E-state index in [2.05, 4.69) is 20.1 Å². The number of aromatic nitrogens is 5. The maximum Gasteiger partial charge on any atom is 0.201 e. The lowest BCUT2D eigenvalue weighted by Crippen LogP contribution is -2.03. The first-order valence-electron chi connectivity index (χ1n) is 4.86. The molecular formula is C10H8N6O. The second-order valence-electron chi connectivity index (χ2n) is 3.29. The molecule has 0 radical (unpaired) electrons. The van der Waals surface area contributed by atoms with E-state index in [0.717, 1.165) is 0 Å². The van der Waals surface area contributed by atoms with E-state index in [1.54, 1.807) is 29.2 Å². The molecule has 84 valence electrons. The van der Waals surface area contributed by atoms with Gasteiger partial charge >= 0.3 is 0 Å². The summed E-state index contributed by atoms with van der Waals surface area (Å²) in [4.78, 5) is 12.2. The van der Waals surface area contributed by atoms with Crippen LogP contribution < -0.4 is 5.73 Å². The van der Waals surface area contributed by atoms with Crippen molar-refractivity contribution in [3.8, 4) is 17.4 Å². The van der Waals surface area contributed by atoms with Crippen LogP contribution in [0.3, 0.4) is 0 Å². The van der Waals surface area contributed by atoms with Crippen LogP contribution in [-0.4, -0.2) is 24.7 Å². The van der Waals surface area contributed by atoms with Crippen molar-refractivity contribution in [1.82, 2.24) is 24.7 Å². The Morgan fingerprint density at radius 1 is 1.29 bits per heavy atom. The van der Waals surface area contributed by atoms with E-state index in [-0.39, 0.29) is 0 Å². The standard InChI is InChI=1S/C10H8N6O/c11-8-4-9(16-3-1-2-13-16)15-10(14-8)7-5-12-6-17-7/h1-6H,(H2,11,14,15). The van der Waals surface area contributed by atoms with Gasteiger partial charge in [-0.25, -0.2) is 19.6 Å². The zero-order valence-electron chi connectivity index (χ0n) is 8.69. The lowest BCUT2D eigenvalue weighted by molar-refractivity contribution is 0.567. The fourth-order valence-corrected chi connectivity index (χ4v) is 1.41. The zero-order chi connectivity index (χ0) is 11.7. The number of nitrogen functional groups attached to an aromatic ring is 1. The number of anilines is 1. The summed E-state index contributed by atoms with van der Waals surface area (Å²) >= 11 is 0. The molecular weight excluding hydrogens is 220 g/mol. The summed E-state index contributed by atoms with van der Waals surface area (Å²) in [7, 11) is 0. The lowest BCUT2D eigenvalue weighted by atomic mass is 10.4. The van der Waals surface area contributed by atoms with E-state index in [4.69, 9.17) is 10.2 Å². The fourth-order valence-electron chi connectivity index (χ4n) is 1.41. The molecule has 0 atom stereocenters. The minimum atomic E-state index is 0.344. The van der Waals surface area contributed by atoms with Crippen LogP contribution in [0.2, 0.25) is 0 Å². The first kappa shape index (κ1) is 9.52. The smallest absolute Gasteiger partial charge is 0.201 e. The number of oxazole rings is 1. The highest BCUT2D eigenvalue weighted by molar-refractivity contribution is 5.51. The number of hydrogen-bond donors (Lipinski definition) is 1. The van der Waals surface area contributed by atoms with Crippen molar-refractivity contribution in [1.29, 1.82) is 0 Å². The first-order valence-corrected chi connectivity index (χ1v) is 4.86. The molecule has 7 nitrogen and oxygen atoms in total. The van der Waals surface area contributed by atoms with Gasteiger partial charge in [-0.15, -0.1) is 0 Å². The third-order valence-electron chi connectivity index (χ3n) is 2.12. The van der Waals surface area contributed by atoms with Crippen molar-refractivity contribution >= 4 is 5.82 Å². The van der Waals surface area contributed by atoms with Gasteiger partial charge in [0, 0.05) is 18.5 Å². The summed E-state index contributed by atoms with van der Waals surface area (Å²) in [6.07, 6.45) is 6.27. The fraction of sp³-hybridized carbons (Fsp3) is 0. The van der Waals surface area contributed by atoms with Crippen LogP contribution in [0.5, 0.6) is 0 Å². The van der Waals surface area contributed by atoms with Crippen molar-refractivity contribution in [2.75, 3.05) is 5.73 Å². The maximum absolute atomic E-state index is 5.72. The molecule has 0 saturated heterocycles. The summed E-state index contributed by atoms with van der Waals surface area (Å²) in [5.41, 5.74) is 5.72. The number of hydrogen-bond acceptors (Lipinski definition) is 6. The number of nitrogens with zero attached hydrogens (tertiary/aromatic N) is 5. The molecule has 17 heavy (non-hydrogen) atoms. The third kappa shape index (κ3) is 1.73. The quantitative estimate of drug-likeness (QED) is 0.700. The van der Waals surface area contributed by atoms with Crippen LogP contribution in [0.15, 0.2) is 41.5 Å². The van der Waals surface area contributed by atoms with Gasteiger partial charge in [-0.3, -0.25) is 0 Å². The molecule has 0 fully saturated rings. The van der Waals surface area contributed by atoms with Gasteiger partial charge in [0.1, 0.15) is 5.82 Å². The Morgan fingerprint density at radius 2 is 2.24 bits per heavy atom. The van der Waals surface area contributed by atoms with Crippen LogP contribution in [0.4, 0.5) is 5.82 Å². The van der Waals surface area contributed by atoms with Crippen LogP contribution in [-0.2, 0) is 0 Å². The second-order valence-corrected chi connectivity index (χ2v) is 3.29. The Hall–Kier alpha value is -2.70. The largest absolute Gasteiger partial charge is 0.440 e. The van der Waals surface area contributed by atoms with E-state index in [1.165, 1.54) is 12.6 Å². The highest BCUT2D eigenvalue weighted by atomic mass is 16.3. The molecule has 0 aromatic carbocycles. The van der Waals surface area contributed by atoms with Gasteiger partial charge in [-0.1, -0.05) is 0 Å². The molecule has 0 aliphatic rings. The maximum atomic E-state index is 5.72. The topological polar surface area (TPSA) is 95.7 Å². The van der Waals surface area contributed by atoms with Gasteiger partial charge in [0.05, 0.1) is 6.20 Å². The molecule has 0 bridgehead atoms. The van der Waals surface area contributed by atoms with Crippen molar-refractivity contribution in [3.63, 3.8) is 0 Å². The Kier molecular flexibility index (Phi) is 2.08. The summed E-state index contributed by atoms with van der Waals surface area (Å²) in [5.74, 6) is 1.77. The van der Waals surface area contributed by atoms with Crippen LogP contribution in [0.25, 0.3) is 17.4 Å². The van der Waals surface area contributed by atoms with Gasteiger partial charge in [0.25, 0.3) is 0 Å². The van der Waals surface area contributed by atoms with Crippen LogP contribution in [0, 0.1) is 0 Å². The zero-order valence-corrected chi connectivity index (χ0v) is 8.69. The average Bonchev–Trinajstić information content (AvgIpc) is 3.02. The van der Waals surface area contributed by atoms with E-state index in [9.17, 15) is 0 Å². The Morgan fingerprint density at radius 3 is 2.94 bits per heavy atom. The normalized spacial score (nSPS) is 10.6. The van der Waals surface area contributed by atoms with Crippen molar-refractivity contribution < 1.29 is 4.42 Å². The SMILES string of the molecule is Nc1cc(-n2cccn2)nc(-c2cnco2)n1. The van der Waals surface area contributed by atoms with E-state index >= 15 is 0 Å². The summed E-state index contributed by atoms with van der Waals surface area (Å²) < 4.78 is 6.72. The van der Waals surface area contributed by atoms with Crippen LogP contribution >= 0.6 is 0 Å². The van der Waals surface area contributed by atoms with Crippen molar-refractivity contribution in [2.24, 2.45) is 0 Å². The molecule has 7 heteroatoms. The Balaban J connectivity index is 2.13. The number of nitrogens with two attached hydrogens (primary N) is 1. The first-order chi connectivity index (χ1) is 8.33. The van der Waals surface area contributed by atoms with Gasteiger partial charge in [0.2, 0.25) is 5.82 Å². The molecule has 0 aliphatic heterocycles. The van der Waals surface area contributed by atoms with Gasteiger partial charge in [-0.2, -0.15) is 5.10 Å². The predicted octanol–water partition coefficient (Wildman–Crippen LogP) is 0.899.